The molecule has 0 saturated heterocycles. The van der Waals surface area contributed by atoms with E-state index < -0.39 is 0 Å². The summed E-state index contributed by atoms with van der Waals surface area (Å²) in [5.41, 5.74) is 1.08. The Morgan fingerprint density at radius 2 is 2.10 bits per heavy atom. The smallest absolute Gasteiger partial charge is 0.213 e. The van der Waals surface area contributed by atoms with Gasteiger partial charge in [-0.25, -0.2) is 9.98 Å². The first kappa shape index (κ1) is 19.9. The van der Waals surface area contributed by atoms with Crippen molar-refractivity contribution in [3.8, 4) is 5.88 Å². The van der Waals surface area contributed by atoms with Crippen molar-refractivity contribution in [1.82, 2.24) is 15.6 Å². The molecule has 1 rings (SSSR count). The Morgan fingerprint density at radius 3 is 2.67 bits per heavy atom. The average molecular weight is 406 g/mol. The molecule has 0 amide bonds. The van der Waals surface area contributed by atoms with E-state index in [0.29, 0.717) is 24.4 Å². The van der Waals surface area contributed by atoms with E-state index in [0.717, 1.165) is 18.1 Å². The summed E-state index contributed by atoms with van der Waals surface area (Å²) in [4.78, 5) is 8.68. The van der Waals surface area contributed by atoms with Crippen LogP contribution >= 0.6 is 24.0 Å². The number of nitrogens with zero attached hydrogens (tertiary/aromatic N) is 2. The molecule has 0 radical (unpaired) electrons. The van der Waals surface area contributed by atoms with Gasteiger partial charge in [-0.2, -0.15) is 0 Å². The van der Waals surface area contributed by atoms with Gasteiger partial charge in [-0.3, -0.25) is 0 Å². The van der Waals surface area contributed by atoms with Crippen LogP contribution in [0.3, 0.4) is 0 Å². The third-order valence-corrected chi connectivity index (χ3v) is 3.14. The van der Waals surface area contributed by atoms with Crippen molar-refractivity contribution in [3.05, 3.63) is 23.9 Å². The number of guanidine groups is 1. The lowest BCUT2D eigenvalue weighted by Gasteiger charge is -2.20. The highest BCUT2D eigenvalue weighted by Gasteiger charge is 2.08. The van der Waals surface area contributed by atoms with Gasteiger partial charge >= 0.3 is 0 Å². The first-order valence-electron chi connectivity index (χ1n) is 7.10. The lowest BCUT2D eigenvalue weighted by Crippen LogP contribution is -2.44. The second-order valence-corrected chi connectivity index (χ2v) is 5.08. The number of ether oxygens (including phenoxy) is 1. The Balaban J connectivity index is 0.00000400. The molecule has 1 aromatic heterocycles. The molecular formula is C15H27IN4O. The Hall–Kier alpha value is -1.05. The molecule has 0 saturated carbocycles. The molecule has 1 unspecified atom stereocenters. The van der Waals surface area contributed by atoms with Crippen LogP contribution in [0.15, 0.2) is 23.3 Å². The molecule has 120 valence electrons. The molecule has 0 aromatic carbocycles. The highest BCUT2D eigenvalue weighted by atomic mass is 127. The summed E-state index contributed by atoms with van der Waals surface area (Å²) >= 11 is 0. The maximum atomic E-state index is 5.11. The van der Waals surface area contributed by atoms with Crippen LogP contribution in [0.1, 0.15) is 33.3 Å². The monoisotopic (exact) mass is 406 g/mol. The lowest BCUT2D eigenvalue weighted by atomic mass is 10.1. The minimum atomic E-state index is 0. The second-order valence-electron chi connectivity index (χ2n) is 5.08. The predicted molar refractivity (Wildman–Crippen MR) is 98.5 cm³/mol. The molecule has 6 heteroatoms. The summed E-state index contributed by atoms with van der Waals surface area (Å²) in [7, 11) is 1.62. The van der Waals surface area contributed by atoms with Gasteiger partial charge in [0.05, 0.1) is 13.7 Å². The number of methoxy groups -OCH3 is 1. The molecule has 0 spiro atoms. The largest absolute Gasteiger partial charge is 0.481 e. The number of pyridine rings is 1. The van der Waals surface area contributed by atoms with Gasteiger partial charge in [-0.05, 0) is 31.4 Å². The number of hydrogen-bond acceptors (Lipinski definition) is 3. The first-order chi connectivity index (χ1) is 9.56. The third kappa shape index (κ3) is 7.50. The molecule has 21 heavy (non-hydrogen) atoms. The highest BCUT2D eigenvalue weighted by Crippen LogP contribution is 2.09. The number of aromatic nitrogens is 1. The van der Waals surface area contributed by atoms with Crippen LogP contribution in [0.5, 0.6) is 5.88 Å². The third-order valence-electron chi connectivity index (χ3n) is 3.14. The number of rotatable bonds is 6. The molecule has 5 nitrogen and oxygen atoms in total. The summed E-state index contributed by atoms with van der Waals surface area (Å²) in [5.74, 6) is 2.01. The Labute approximate surface area is 145 Å². The Morgan fingerprint density at radius 1 is 1.38 bits per heavy atom. The van der Waals surface area contributed by atoms with Gasteiger partial charge in [0.2, 0.25) is 5.88 Å². The van der Waals surface area contributed by atoms with Crippen molar-refractivity contribution < 1.29 is 4.74 Å². The van der Waals surface area contributed by atoms with Gasteiger partial charge in [-0.15, -0.1) is 24.0 Å². The topological polar surface area (TPSA) is 58.5 Å². The van der Waals surface area contributed by atoms with Gasteiger partial charge < -0.3 is 15.4 Å². The maximum absolute atomic E-state index is 5.11. The minimum Gasteiger partial charge on any atom is -0.481 e. The van der Waals surface area contributed by atoms with Crippen molar-refractivity contribution in [2.24, 2.45) is 10.9 Å². The van der Waals surface area contributed by atoms with Gasteiger partial charge in [0.1, 0.15) is 0 Å². The fourth-order valence-electron chi connectivity index (χ4n) is 1.53. The minimum absolute atomic E-state index is 0. The standard InChI is InChI=1S/C15H26N4O.HI/c1-6-16-15(19-12(4)11(2)3)18-10-13-7-8-17-14(9-13)20-5;/h7-9,11-12H,6,10H2,1-5H3,(H2,16,18,19);1H. The van der Waals surface area contributed by atoms with Crippen LogP contribution in [-0.2, 0) is 6.54 Å². The van der Waals surface area contributed by atoms with E-state index in [1.807, 2.05) is 12.1 Å². The molecule has 0 aliphatic heterocycles. The van der Waals surface area contributed by atoms with E-state index in [4.69, 9.17) is 4.74 Å². The van der Waals surface area contributed by atoms with E-state index in [9.17, 15) is 0 Å². The van der Waals surface area contributed by atoms with Crippen molar-refractivity contribution in [3.63, 3.8) is 0 Å². The van der Waals surface area contributed by atoms with Crippen molar-refractivity contribution in [1.29, 1.82) is 0 Å². The quantitative estimate of drug-likeness (QED) is 0.434. The normalized spacial score (nSPS) is 12.6. The summed E-state index contributed by atoms with van der Waals surface area (Å²) in [6.45, 7) is 10.0. The van der Waals surface area contributed by atoms with Gasteiger partial charge in [0.15, 0.2) is 5.96 Å². The van der Waals surface area contributed by atoms with Gasteiger partial charge in [0, 0.05) is 24.8 Å². The summed E-state index contributed by atoms with van der Waals surface area (Å²) in [5, 5.41) is 6.67. The summed E-state index contributed by atoms with van der Waals surface area (Å²) in [6.07, 6.45) is 1.74. The fourth-order valence-corrected chi connectivity index (χ4v) is 1.53. The van der Waals surface area contributed by atoms with E-state index >= 15 is 0 Å². The van der Waals surface area contributed by atoms with Crippen LogP contribution < -0.4 is 15.4 Å². The van der Waals surface area contributed by atoms with Crippen LogP contribution in [0.2, 0.25) is 0 Å². The van der Waals surface area contributed by atoms with Crippen LogP contribution in [-0.4, -0.2) is 30.6 Å². The van der Waals surface area contributed by atoms with Crippen LogP contribution in [0.4, 0.5) is 0 Å². The molecule has 2 N–H and O–H groups in total. The molecule has 1 aromatic rings. The van der Waals surface area contributed by atoms with Crippen LogP contribution in [0, 0.1) is 5.92 Å². The number of hydrogen-bond donors (Lipinski definition) is 2. The van der Waals surface area contributed by atoms with E-state index in [1.54, 1.807) is 13.3 Å². The Bertz CT molecular complexity index is 437. The zero-order valence-corrected chi connectivity index (χ0v) is 15.8. The van der Waals surface area contributed by atoms with Crippen LogP contribution in [0.25, 0.3) is 0 Å². The lowest BCUT2D eigenvalue weighted by molar-refractivity contribution is 0.397. The number of halogens is 1. The summed E-state index contributed by atoms with van der Waals surface area (Å²) < 4.78 is 5.11. The van der Waals surface area contributed by atoms with Crippen molar-refractivity contribution in [2.75, 3.05) is 13.7 Å². The molecule has 0 fully saturated rings. The van der Waals surface area contributed by atoms with E-state index in [1.165, 1.54) is 0 Å². The predicted octanol–water partition coefficient (Wildman–Crippen LogP) is 2.81. The average Bonchev–Trinajstić information content (AvgIpc) is 2.45. The van der Waals surface area contributed by atoms with Crippen molar-refractivity contribution in [2.45, 2.75) is 40.3 Å². The zero-order chi connectivity index (χ0) is 15.0. The van der Waals surface area contributed by atoms with Gasteiger partial charge in [0.25, 0.3) is 0 Å². The molecular weight excluding hydrogens is 379 g/mol. The number of nitrogens with one attached hydrogen (secondary N) is 2. The second kappa shape index (κ2) is 10.6. The fraction of sp³-hybridized carbons (Fsp3) is 0.600. The maximum Gasteiger partial charge on any atom is 0.213 e. The molecule has 1 atom stereocenters. The number of aliphatic imine (C=N–C) groups is 1. The molecule has 0 aliphatic rings. The van der Waals surface area contributed by atoms with Gasteiger partial charge in [-0.1, -0.05) is 13.8 Å². The SMILES string of the molecule is CCNC(=NCc1ccnc(OC)c1)NC(C)C(C)C.I. The van der Waals surface area contributed by atoms with E-state index in [-0.39, 0.29) is 24.0 Å². The van der Waals surface area contributed by atoms with E-state index in [2.05, 4.69) is 48.3 Å². The molecule has 1 heterocycles. The first-order valence-corrected chi connectivity index (χ1v) is 7.10. The van der Waals surface area contributed by atoms with Crippen molar-refractivity contribution >= 4 is 29.9 Å². The zero-order valence-electron chi connectivity index (χ0n) is 13.5. The molecule has 0 aliphatic carbocycles. The summed E-state index contributed by atoms with van der Waals surface area (Å²) in [6, 6.07) is 4.22. The highest BCUT2D eigenvalue weighted by molar-refractivity contribution is 14.0. The Kier molecular flexibility index (Phi) is 10.1. The molecule has 0 bridgehead atoms.